The number of benzene rings is 1. The van der Waals surface area contributed by atoms with Crippen LogP contribution in [0.2, 0.25) is 0 Å². The fourth-order valence-corrected chi connectivity index (χ4v) is 4.97. The van der Waals surface area contributed by atoms with E-state index in [0.717, 1.165) is 37.0 Å². The largest absolute Gasteiger partial charge is 0.459 e. The maximum atomic E-state index is 11.6. The highest BCUT2D eigenvalue weighted by Gasteiger charge is 2.32. The van der Waals surface area contributed by atoms with Gasteiger partial charge in [0.1, 0.15) is 6.10 Å². The number of hydrogen-bond acceptors (Lipinski definition) is 2. The number of carbonyl (C=O) groups is 1. The molecule has 2 nitrogen and oxygen atoms in total. The summed E-state index contributed by atoms with van der Waals surface area (Å²) in [5.41, 5.74) is 2.98. The summed E-state index contributed by atoms with van der Waals surface area (Å²) in [4.78, 5) is 11.6. The minimum Gasteiger partial charge on any atom is -0.459 e. The highest BCUT2D eigenvalue weighted by Crippen LogP contribution is 2.43. The number of hydrogen-bond donors (Lipinski definition) is 0. The third-order valence-electron chi connectivity index (χ3n) is 6.60. The zero-order chi connectivity index (χ0) is 18.4. The highest BCUT2D eigenvalue weighted by atomic mass is 16.5. The second-order valence-corrected chi connectivity index (χ2v) is 8.18. The van der Waals surface area contributed by atoms with Crippen molar-refractivity contribution < 1.29 is 9.53 Å². The van der Waals surface area contributed by atoms with Crippen molar-refractivity contribution in [2.75, 3.05) is 0 Å². The van der Waals surface area contributed by atoms with Crippen LogP contribution in [0.5, 0.6) is 0 Å². The van der Waals surface area contributed by atoms with E-state index in [1.807, 2.05) is 6.92 Å². The second kappa shape index (κ2) is 9.39. The number of rotatable bonds is 5. The zero-order valence-electron chi connectivity index (χ0n) is 16.5. The first-order chi connectivity index (χ1) is 12.7. The van der Waals surface area contributed by atoms with E-state index < -0.39 is 0 Å². The molecular weight excluding hydrogens is 320 g/mol. The molecule has 2 aliphatic rings. The lowest BCUT2D eigenvalue weighted by Gasteiger charge is -2.37. The van der Waals surface area contributed by atoms with E-state index in [4.69, 9.17) is 4.74 Å². The summed E-state index contributed by atoms with van der Waals surface area (Å²) in [6, 6.07) is 9.32. The Balaban J connectivity index is 1.43. The van der Waals surface area contributed by atoms with Crippen LogP contribution < -0.4 is 0 Å². The van der Waals surface area contributed by atoms with Crippen molar-refractivity contribution in [2.24, 2.45) is 11.8 Å². The fourth-order valence-electron chi connectivity index (χ4n) is 4.97. The molecule has 1 aromatic rings. The summed E-state index contributed by atoms with van der Waals surface area (Å²) >= 11 is 0. The van der Waals surface area contributed by atoms with E-state index in [9.17, 15) is 4.79 Å². The topological polar surface area (TPSA) is 26.3 Å². The maximum absolute atomic E-state index is 11.6. The summed E-state index contributed by atoms with van der Waals surface area (Å²) in [7, 11) is 0. The van der Waals surface area contributed by atoms with Crippen molar-refractivity contribution in [3.05, 3.63) is 47.5 Å². The smallest absolute Gasteiger partial charge is 0.330 e. The molecule has 2 fully saturated rings. The van der Waals surface area contributed by atoms with E-state index in [2.05, 4.69) is 31.2 Å². The van der Waals surface area contributed by atoms with E-state index in [-0.39, 0.29) is 12.1 Å². The predicted molar refractivity (Wildman–Crippen MR) is 107 cm³/mol. The van der Waals surface area contributed by atoms with Crippen LogP contribution in [-0.2, 0) is 16.0 Å². The molecule has 1 aromatic carbocycles. The second-order valence-electron chi connectivity index (χ2n) is 8.18. The van der Waals surface area contributed by atoms with Gasteiger partial charge in [-0.25, -0.2) is 4.79 Å². The Bertz CT molecular complexity index is 585. The molecule has 0 aliphatic heterocycles. The lowest BCUT2D eigenvalue weighted by molar-refractivity contribution is -0.145. The lowest BCUT2D eigenvalue weighted by Crippen LogP contribution is -2.29. The van der Waals surface area contributed by atoms with Gasteiger partial charge in [0, 0.05) is 6.08 Å². The zero-order valence-corrected chi connectivity index (χ0v) is 16.5. The minimum atomic E-state index is -0.175. The van der Waals surface area contributed by atoms with Crippen molar-refractivity contribution in [1.82, 2.24) is 0 Å². The van der Waals surface area contributed by atoms with E-state index in [1.165, 1.54) is 50.2 Å². The van der Waals surface area contributed by atoms with Gasteiger partial charge in [0.2, 0.25) is 0 Å². The van der Waals surface area contributed by atoms with Crippen LogP contribution in [0.4, 0.5) is 0 Å². The van der Waals surface area contributed by atoms with Gasteiger partial charge < -0.3 is 4.74 Å². The molecule has 0 heterocycles. The molecule has 0 aromatic heterocycles. The molecule has 26 heavy (non-hydrogen) atoms. The summed E-state index contributed by atoms with van der Waals surface area (Å²) in [6.45, 7) is 4.07. The molecule has 0 spiro atoms. The highest BCUT2D eigenvalue weighted by molar-refractivity contribution is 5.81. The average molecular weight is 355 g/mol. The molecule has 2 saturated carbocycles. The number of allylic oxidation sites excluding steroid dienone is 1. The van der Waals surface area contributed by atoms with E-state index >= 15 is 0 Å². The number of ether oxygens (including phenoxy) is 1. The summed E-state index contributed by atoms with van der Waals surface area (Å²) in [5.74, 6) is 2.31. The monoisotopic (exact) mass is 354 g/mol. The van der Waals surface area contributed by atoms with Crippen molar-refractivity contribution in [2.45, 2.75) is 83.7 Å². The Hall–Kier alpha value is -1.57. The molecule has 0 radical (unpaired) electrons. The average Bonchev–Trinajstić information content (AvgIpc) is 2.69. The molecule has 0 bridgehead atoms. The van der Waals surface area contributed by atoms with Crippen LogP contribution in [0.25, 0.3) is 0 Å². The fraction of sp³-hybridized carbons (Fsp3) is 0.625. The molecule has 0 unspecified atom stereocenters. The van der Waals surface area contributed by atoms with Gasteiger partial charge in [0.25, 0.3) is 0 Å². The van der Waals surface area contributed by atoms with Crippen LogP contribution in [0, 0.1) is 11.8 Å². The minimum absolute atomic E-state index is 0.142. The van der Waals surface area contributed by atoms with E-state index in [1.54, 1.807) is 11.6 Å². The maximum Gasteiger partial charge on any atom is 0.330 e. The Morgan fingerprint density at radius 1 is 0.962 bits per heavy atom. The van der Waals surface area contributed by atoms with Crippen molar-refractivity contribution >= 4 is 5.97 Å². The molecule has 0 saturated heterocycles. The predicted octanol–water partition coefficient (Wildman–Crippen LogP) is 6.20. The molecule has 0 atom stereocenters. The number of carbonyl (C=O) groups excluding carboxylic acids is 1. The van der Waals surface area contributed by atoms with Crippen molar-refractivity contribution in [1.29, 1.82) is 0 Å². The third-order valence-corrected chi connectivity index (χ3v) is 6.60. The number of aryl methyl sites for hydroxylation is 1. The SMILES string of the molecule is CC=CC(=O)OC1CCC(C2CCC(c3ccc(CC)cc3)CC2)CC1. The molecule has 0 amide bonds. The Morgan fingerprint density at radius 2 is 1.54 bits per heavy atom. The van der Waals surface area contributed by atoms with Gasteiger partial charge in [-0.3, -0.25) is 0 Å². The quantitative estimate of drug-likeness (QED) is 0.465. The summed E-state index contributed by atoms with van der Waals surface area (Å²) in [5, 5.41) is 0. The Morgan fingerprint density at radius 3 is 2.08 bits per heavy atom. The third kappa shape index (κ3) is 4.99. The van der Waals surface area contributed by atoms with Crippen LogP contribution in [-0.4, -0.2) is 12.1 Å². The summed E-state index contributed by atoms with van der Waals surface area (Å²) < 4.78 is 5.54. The van der Waals surface area contributed by atoms with Crippen molar-refractivity contribution in [3.63, 3.8) is 0 Å². The Labute approximate surface area is 159 Å². The first-order valence-corrected chi connectivity index (χ1v) is 10.6. The molecule has 3 rings (SSSR count). The van der Waals surface area contributed by atoms with Crippen LogP contribution in [0.15, 0.2) is 36.4 Å². The summed E-state index contributed by atoms with van der Waals surface area (Å²) in [6.07, 6.45) is 14.5. The molecular formula is C24H34O2. The molecule has 0 N–H and O–H groups in total. The Kier molecular flexibility index (Phi) is 6.93. The van der Waals surface area contributed by atoms with Crippen LogP contribution >= 0.6 is 0 Å². The van der Waals surface area contributed by atoms with Gasteiger partial charge in [-0.2, -0.15) is 0 Å². The molecule has 2 heteroatoms. The van der Waals surface area contributed by atoms with Crippen LogP contribution in [0.3, 0.4) is 0 Å². The van der Waals surface area contributed by atoms with Gasteiger partial charge in [-0.1, -0.05) is 37.3 Å². The standard InChI is InChI=1S/C24H34O2/c1-3-5-24(25)26-23-16-14-22(15-17-23)21-12-10-20(11-13-21)19-8-6-18(4-2)7-9-19/h3,5-9,20-23H,4,10-17H2,1-2H3. The normalized spacial score (nSPS) is 29.6. The molecule has 142 valence electrons. The van der Waals surface area contributed by atoms with Gasteiger partial charge >= 0.3 is 5.97 Å². The molecule has 2 aliphatic carbocycles. The van der Waals surface area contributed by atoms with Gasteiger partial charge in [-0.15, -0.1) is 0 Å². The van der Waals surface area contributed by atoms with Gasteiger partial charge in [0.05, 0.1) is 0 Å². The lowest BCUT2D eigenvalue weighted by atomic mass is 9.69. The first-order valence-electron chi connectivity index (χ1n) is 10.6. The van der Waals surface area contributed by atoms with Crippen LogP contribution in [0.1, 0.15) is 82.3 Å². The van der Waals surface area contributed by atoms with Gasteiger partial charge in [-0.05, 0) is 93.6 Å². The van der Waals surface area contributed by atoms with Gasteiger partial charge in [0.15, 0.2) is 0 Å². The first kappa shape index (κ1) is 19.2. The number of esters is 1. The van der Waals surface area contributed by atoms with E-state index in [0.29, 0.717) is 0 Å². The van der Waals surface area contributed by atoms with Crippen molar-refractivity contribution in [3.8, 4) is 0 Å².